The Hall–Kier alpha value is -0.410. The van der Waals surface area contributed by atoms with Gasteiger partial charge in [0, 0.05) is 19.0 Å². The third-order valence-corrected chi connectivity index (χ3v) is 3.08. The van der Waals surface area contributed by atoms with Gasteiger partial charge in [-0.3, -0.25) is 4.79 Å². The molecule has 1 fully saturated rings. The van der Waals surface area contributed by atoms with Crippen LogP contribution in [-0.2, 0) is 4.79 Å². The van der Waals surface area contributed by atoms with Crippen LogP contribution in [0.3, 0.4) is 0 Å². The summed E-state index contributed by atoms with van der Waals surface area (Å²) in [4.78, 5) is 13.0. The van der Waals surface area contributed by atoms with E-state index >= 15 is 0 Å². The standard InChI is InChI=1S/C11H21NO2/c1-9(13)7-8-12(2)10-5-3-4-6-11(10)14/h10-11,14H,3-8H2,1-2H3. The number of aliphatic hydroxyl groups is 1. The van der Waals surface area contributed by atoms with Crippen LogP contribution in [0.1, 0.15) is 39.0 Å². The number of Topliss-reactive ketones (excluding diaryl/α,β-unsaturated/α-hetero) is 1. The SMILES string of the molecule is CC(=O)CCN(C)C1CCCCC1O. The lowest BCUT2D eigenvalue weighted by atomic mass is 9.91. The molecule has 3 heteroatoms. The van der Waals surface area contributed by atoms with Crippen LogP contribution in [0.15, 0.2) is 0 Å². The van der Waals surface area contributed by atoms with E-state index in [1.807, 2.05) is 7.05 Å². The average molecular weight is 199 g/mol. The third-order valence-electron chi connectivity index (χ3n) is 3.08. The second-order valence-electron chi connectivity index (χ2n) is 4.35. The predicted molar refractivity (Wildman–Crippen MR) is 56.2 cm³/mol. The van der Waals surface area contributed by atoms with Crippen molar-refractivity contribution in [3.05, 3.63) is 0 Å². The first-order chi connectivity index (χ1) is 6.61. The fourth-order valence-electron chi connectivity index (χ4n) is 2.11. The van der Waals surface area contributed by atoms with Gasteiger partial charge < -0.3 is 10.0 Å². The summed E-state index contributed by atoms with van der Waals surface area (Å²) >= 11 is 0. The van der Waals surface area contributed by atoms with E-state index in [4.69, 9.17) is 0 Å². The van der Waals surface area contributed by atoms with Crippen molar-refractivity contribution in [1.82, 2.24) is 4.90 Å². The number of ketones is 1. The molecular weight excluding hydrogens is 178 g/mol. The molecule has 0 aromatic rings. The molecule has 0 radical (unpaired) electrons. The molecule has 0 aromatic carbocycles. The maximum atomic E-state index is 10.8. The summed E-state index contributed by atoms with van der Waals surface area (Å²) in [5.74, 6) is 0.224. The summed E-state index contributed by atoms with van der Waals surface area (Å²) in [6, 6.07) is 0.267. The molecule has 2 atom stereocenters. The molecule has 1 rings (SSSR count). The van der Waals surface area contributed by atoms with Gasteiger partial charge in [0.25, 0.3) is 0 Å². The molecule has 1 aliphatic rings. The van der Waals surface area contributed by atoms with Crippen LogP contribution in [0.25, 0.3) is 0 Å². The van der Waals surface area contributed by atoms with Gasteiger partial charge in [0.1, 0.15) is 5.78 Å². The molecular formula is C11H21NO2. The van der Waals surface area contributed by atoms with Gasteiger partial charge in [-0.05, 0) is 26.8 Å². The molecule has 2 unspecified atom stereocenters. The molecule has 0 aliphatic heterocycles. The number of likely N-dealkylation sites (N-methyl/N-ethyl adjacent to an activating group) is 1. The molecule has 14 heavy (non-hydrogen) atoms. The van der Waals surface area contributed by atoms with E-state index < -0.39 is 0 Å². The van der Waals surface area contributed by atoms with Gasteiger partial charge in [-0.25, -0.2) is 0 Å². The highest BCUT2D eigenvalue weighted by molar-refractivity contribution is 5.75. The Labute approximate surface area is 86.1 Å². The van der Waals surface area contributed by atoms with E-state index in [2.05, 4.69) is 4.90 Å². The summed E-state index contributed by atoms with van der Waals surface area (Å²) in [6.45, 7) is 2.39. The van der Waals surface area contributed by atoms with Crippen LogP contribution in [0, 0.1) is 0 Å². The van der Waals surface area contributed by atoms with Crippen LogP contribution >= 0.6 is 0 Å². The molecule has 82 valence electrons. The summed E-state index contributed by atoms with van der Waals surface area (Å²) in [7, 11) is 2.00. The molecule has 0 heterocycles. The highest BCUT2D eigenvalue weighted by atomic mass is 16.3. The zero-order valence-electron chi connectivity index (χ0n) is 9.20. The Bertz CT molecular complexity index is 194. The van der Waals surface area contributed by atoms with Crippen LogP contribution in [0.4, 0.5) is 0 Å². The molecule has 1 saturated carbocycles. The van der Waals surface area contributed by atoms with Gasteiger partial charge in [0.05, 0.1) is 6.10 Å². The van der Waals surface area contributed by atoms with Gasteiger partial charge in [0.15, 0.2) is 0 Å². The lowest BCUT2D eigenvalue weighted by Crippen LogP contribution is -2.43. The first kappa shape index (κ1) is 11.7. The van der Waals surface area contributed by atoms with Gasteiger partial charge >= 0.3 is 0 Å². The van der Waals surface area contributed by atoms with Crippen LogP contribution in [0.2, 0.25) is 0 Å². The van der Waals surface area contributed by atoms with E-state index in [1.54, 1.807) is 6.92 Å². The van der Waals surface area contributed by atoms with E-state index in [0.717, 1.165) is 25.8 Å². The van der Waals surface area contributed by atoms with Crippen molar-refractivity contribution < 1.29 is 9.90 Å². The van der Waals surface area contributed by atoms with E-state index in [1.165, 1.54) is 6.42 Å². The minimum absolute atomic E-state index is 0.194. The molecule has 0 aromatic heterocycles. The molecule has 1 aliphatic carbocycles. The Morgan fingerprint density at radius 3 is 2.64 bits per heavy atom. The number of rotatable bonds is 4. The van der Waals surface area contributed by atoms with Gasteiger partial charge in [-0.1, -0.05) is 12.8 Å². The van der Waals surface area contributed by atoms with E-state index in [0.29, 0.717) is 6.42 Å². The Balaban J connectivity index is 2.34. The van der Waals surface area contributed by atoms with Crippen molar-refractivity contribution in [1.29, 1.82) is 0 Å². The lowest BCUT2D eigenvalue weighted by molar-refractivity contribution is -0.117. The zero-order valence-corrected chi connectivity index (χ0v) is 9.20. The van der Waals surface area contributed by atoms with Crippen molar-refractivity contribution in [3.8, 4) is 0 Å². The smallest absolute Gasteiger partial charge is 0.131 e. The topological polar surface area (TPSA) is 40.5 Å². The number of nitrogens with zero attached hydrogens (tertiary/aromatic N) is 1. The lowest BCUT2D eigenvalue weighted by Gasteiger charge is -2.35. The number of hydrogen-bond donors (Lipinski definition) is 1. The van der Waals surface area contributed by atoms with Crippen molar-refractivity contribution in [2.45, 2.75) is 51.2 Å². The second kappa shape index (κ2) is 5.47. The van der Waals surface area contributed by atoms with Crippen molar-refractivity contribution in [2.24, 2.45) is 0 Å². The van der Waals surface area contributed by atoms with Crippen LogP contribution < -0.4 is 0 Å². The van der Waals surface area contributed by atoms with Crippen LogP contribution in [0.5, 0.6) is 0 Å². The monoisotopic (exact) mass is 199 g/mol. The highest BCUT2D eigenvalue weighted by Crippen LogP contribution is 2.22. The Morgan fingerprint density at radius 2 is 2.07 bits per heavy atom. The van der Waals surface area contributed by atoms with Crippen LogP contribution in [-0.4, -0.2) is 41.5 Å². The van der Waals surface area contributed by atoms with Gasteiger partial charge in [0.2, 0.25) is 0 Å². The molecule has 0 saturated heterocycles. The molecule has 0 bridgehead atoms. The largest absolute Gasteiger partial charge is 0.391 e. The first-order valence-electron chi connectivity index (χ1n) is 5.49. The number of carbonyl (C=O) groups excluding carboxylic acids is 1. The average Bonchev–Trinajstić information content (AvgIpc) is 2.15. The highest BCUT2D eigenvalue weighted by Gasteiger charge is 2.26. The minimum Gasteiger partial charge on any atom is -0.391 e. The van der Waals surface area contributed by atoms with Crippen molar-refractivity contribution >= 4 is 5.78 Å². The van der Waals surface area contributed by atoms with Crippen molar-refractivity contribution in [2.75, 3.05) is 13.6 Å². The first-order valence-corrected chi connectivity index (χ1v) is 5.49. The van der Waals surface area contributed by atoms with E-state index in [9.17, 15) is 9.90 Å². The fraction of sp³-hybridized carbons (Fsp3) is 0.909. The second-order valence-corrected chi connectivity index (χ2v) is 4.35. The van der Waals surface area contributed by atoms with Gasteiger partial charge in [-0.2, -0.15) is 0 Å². The summed E-state index contributed by atoms with van der Waals surface area (Å²) in [5, 5.41) is 9.78. The summed E-state index contributed by atoms with van der Waals surface area (Å²) < 4.78 is 0. The molecule has 3 nitrogen and oxygen atoms in total. The summed E-state index contributed by atoms with van der Waals surface area (Å²) in [5.41, 5.74) is 0. The number of aliphatic hydroxyl groups excluding tert-OH is 1. The summed E-state index contributed by atoms with van der Waals surface area (Å²) in [6.07, 6.45) is 4.72. The maximum absolute atomic E-state index is 10.8. The third kappa shape index (κ3) is 3.39. The molecule has 1 N–H and O–H groups in total. The molecule has 0 amide bonds. The fourth-order valence-corrected chi connectivity index (χ4v) is 2.11. The number of carbonyl (C=O) groups is 1. The predicted octanol–water partition coefficient (Wildman–Crippen LogP) is 1.20. The quantitative estimate of drug-likeness (QED) is 0.739. The normalized spacial score (nSPS) is 28.0. The number of hydrogen-bond acceptors (Lipinski definition) is 3. The van der Waals surface area contributed by atoms with E-state index in [-0.39, 0.29) is 17.9 Å². The Kier molecular flexibility index (Phi) is 4.55. The Morgan fingerprint density at radius 1 is 1.43 bits per heavy atom. The van der Waals surface area contributed by atoms with Crippen molar-refractivity contribution in [3.63, 3.8) is 0 Å². The maximum Gasteiger partial charge on any atom is 0.131 e. The molecule has 0 spiro atoms. The zero-order chi connectivity index (χ0) is 10.6. The minimum atomic E-state index is -0.194. The van der Waals surface area contributed by atoms with Gasteiger partial charge in [-0.15, -0.1) is 0 Å².